The number of urea groups is 1. The van der Waals surface area contributed by atoms with Crippen molar-refractivity contribution in [2.45, 2.75) is 45.4 Å². The van der Waals surface area contributed by atoms with E-state index >= 15 is 8.78 Å². The Hall–Kier alpha value is -3.45. The summed E-state index contributed by atoms with van der Waals surface area (Å²) in [6.07, 6.45) is -1.45. The summed E-state index contributed by atoms with van der Waals surface area (Å²) in [5.41, 5.74) is 0.144. The van der Waals surface area contributed by atoms with Gasteiger partial charge in [0, 0.05) is 25.6 Å². The number of ether oxygens (including phenoxy) is 2. The first-order chi connectivity index (χ1) is 16.5. The van der Waals surface area contributed by atoms with Crippen molar-refractivity contribution in [3.63, 3.8) is 0 Å². The number of amides is 5. The van der Waals surface area contributed by atoms with Crippen LogP contribution in [0.1, 0.15) is 31.9 Å². The maximum atomic E-state index is 15.6. The number of nitrogens with zero attached hydrogens (tertiary/aromatic N) is 2. The predicted molar refractivity (Wildman–Crippen MR) is 118 cm³/mol. The smallest absolute Gasteiger partial charge is 0.328 e. The van der Waals surface area contributed by atoms with Crippen LogP contribution in [0.25, 0.3) is 0 Å². The monoisotopic (exact) mass is 493 g/mol. The fourth-order valence-electron chi connectivity index (χ4n) is 5.17. The molecule has 1 aromatic rings. The van der Waals surface area contributed by atoms with Gasteiger partial charge < -0.3 is 14.4 Å². The van der Waals surface area contributed by atoms with Crippen LogP contribution in [0.3, 0.4) is 0 Å². The van der Waals surface area contributed by atoms with E-state index in [9.17, 15) is 19.2 Å². The summed E-state index contributed by atoms with van der Waals surface area (Å²) in [5.74, 6) is -4.66. The molecule has 4 rings (SSSR count). The molecule has 0 aromatic heterocycles. The molecule has 2 saturated heterocycles. The molecule has 35 heavy (non-hydrogen) atoms. The molecule has 0 saturated carbocycles. The van der Waals surface area contributed by atoms with Gasteiger partial charge in [-0.15, -0.1) is 0 Å². The van der Waals surface area contributed by atoms with E-state index in [0.29, 0.717) is 0 Å². The first-order valence-electron chi connectivity index (χ1n) is 10.9. The second kappa shape index (κ2) is 8.96. The van der Waals surface area contributed by atoms with Crippen LogP contribution in [0.5, 0.6) is 0 Å². The van der Waals surface area contributed by atoms with Crippen molar-refractivity contribution in [2.75, 3.05) is 25.2 Å². The summed E-state index contributed by atoms with van der Waals surface area (Å²) in [5, 5.41) is 8.07. The van der Waals surface area contributed by atoms with E-state index in [-0.39, 0.29) is 42.1 Å². The van der Waals surface area contributed by atoms with Crippen molar-refractivity contribution in [1.29, 1.82) is 0 Å². The van der Waals surface area contributed by atoms with Crippen molar-refractivity contribution in [3.8, 4) is 0 Å². The van der Waals surface area contributed by atoms with Gasteiger partial charge in [-0.2, -0.15) is 5.10 Å². The van der Waals surface area contributed by atoms with E-state index in [1.54, 1.807) is 13.8 Å². The highest BCUT2D eigenvalue weighted by atomic mass is 19.2. The van der Waals surface area contributed by atoms with Gasteiger partial charge in [0.2, 0.25) is 11.8 Å². The lowest BCUT2D eigenvalue weighted by atomic mass is 9.66. The second-order valence-electron chi connectivity index (χ2n) is 8.86. The maximum Gasteiger partial charge on any atom is 0.328 e. The molecule has 5 amide bonds. The van der Waals surface area contributed by atoms with Crippen LogP contribution in [0.15, 0.2) is 11.2 Å². The fraction of sp³-hybridized carbons (Fsp3) is 0.500. The SMILES string of the molecule is COCC(=O)NN=C(C)c1cc2c(c(F)c1F)N1C[C@@H](C)O[C@@H](C)[C@@H]1C1(C2)C(=O)NC(=O)NC1=O. The fourth-order valence-corrected chi connectivity index (χ4v) is 5.17. The van der Waals surface area contributed by atoms with Crippen LogP contribution in [-0.2, 0) is 30.3 Å². The highest BCUT2D eigenvalue weighted by Gasteiger charge is 2.63. The average molecular weight is 493 g/mol. The van der Waals surface area contributed by atoms with Gasteiger partial charge in [0.15, 0.2) is 17.0 Å². The van der Waals surface area contributed by atoms with Crippen molar-refractivity contribution >= 4 is 35.2 Å². The number of benzene rings is 1. The molecule has 0 bridgehead atoms. The number of hydrazone groups is 1. The molecule has 0 radical (unpaired) electrons. The summed E-state index contributed by atoms with van der Waals surface area (Å²) >= 11 is 0. The van der Waals surface area contributed by atoms with Gasteiger partial charge in [0.25, 0.3) is 5.91 Å². The minimum absolute atomic E-state index is 0.0405. The first-order valence-corrected chi connectivity index (χ1v) is 10.9. The van der Waals surface area contributed by atoms with Crippen molar-refractivity contribution < 1.29 is 37.4 Å². The molecule has 1 aromatic carbocycles. The lowest BCUT2D eigenvalue weighted by Gasteiger charge is -2.55. The number of carbonyl (C=O) groups excluding carboxylic acids is 4. The number of rotatable bonds is 4. The Morgan fingerprint density at radius 1 is 1.26 bits per heavy atom. The number of morpholine rings is 1. The van der Waals surface area contributed by atoms with Gasteiger partial charge in [-0.3, -0.25) is 25.0 Å². The number of methoxy groups -OCH3 is 1. The van der Waals surface area contributed by atoms with Crippen LogP contribution in [0.2, 0.25) is 0 Å². The van der Waals surface area contributed by atoms with Gasteiger partial charge in [0.1, 0.15) is 6.61 Å². The third-order valence-electron chi connectivity index (χ3n) is 6.48. The zero-order chi connectivity index (χ0) is 25.7. The third kappa shape index (κ3) is 3.93. The molecule has 3 aliphatic rings. The van der Waals surface area contributed by atoms with Crippen molar-refractivity contribution in [3.05, 3.63) is 28.8 Å². The van der Waals surface area contributed by atoms with Gasteiger partial charge in [-0.05, 0) is 32.4 Å². The van der Waals surface area contributed by atoms with E-state index in [2.05, 4.69) is 25.9 Å². The average Bonchev–Trinajstić information content (AvgIpc) is 2.77. The largest absolute Gasteiger partial charge is 0.375 e. The summed E-state index contributed by atoms with van der Waals surface area (Å²) < 4.78 is 41.4. The van der Waals surface area contributed by atoms with Crippen LogP contribution in [0, 0.1) is 17.0 Å². The van der Waals surface area contributed by atoms with Gasteiger partial charge in [-0.25, -0.2) is 19.0 Å². The van der Waals surface area contributed by atoms with Gasteiger partial charge in [-0.1, -0.05) is 0 Å². The van der Waals surface area contributed by atoms with E-state index in [4.69, 9.17) is 4.74 Å². The highest BCUT2D eigenvalue weighted by Crippen LogP contribution is 2.48. The molecule has 11 nitrogen and oxygen atoms in total. The molecule has 3 heterocycles. The molecular formula is C22H25F2N5O6. The Labute approximate surface area is 199 Å². The first kappa shape index (κ1) is 24.7. The quantitative estimate of drug-likeness (QED) is 0.312. The van der Waals surface area contributed by atoms with E-state index in [1.165, 1.54) is 25.0 Å². The lowest BCUT2D eigenvalue weighted by molar-refractivity contribution is -0.153. The topological polar surface area (TPSA) is 138 Å². The van der Waals surface area contributed by atoms with Crippen molar-refractivity contribution in [2.24, 2.45) is 10.5 Å². The molecule has 1 spiro atoms. The number of imide groups is 2. The molecule has 3 aliphatic heterocycles. The van der Waals surface area contributed by atoms with Crippen molar-refractivity contribution in [1.82, 2.24) is 16.1 Å². The van der Waals surface area contributed by atoms with Crippen LogP contribution >= 0.6 is 0 Å². The Bertz CT molecular complexity index is 1140. The highest BCUT2D eigenvalue weighted by molar-refractivity contribution is 6.20. The van der Waals surface area contributed by atoms with Gasteiger partial charge in [0.05, 0.1) is 29.6 Å². The number of barbiturate groups is 1. The van der Waals surface area contributed by atoms with Gasteiger partial charge >= 0.3 is 6.03 Å². The molecule has 13 heteroatoms. The van der Waals surface area contributed by atoms with E-state index in [0.717, 1.165) is 0 Å². The summed E-state index contributed by atoms with van der Waals surface area (Å²) in [6.45, 7) is 4.54. The second-order valence-corrected chi connectivity index (χ2v) is 8.86. The standard InChI is InChI=1S/C22H25F2N5O6/c1-9-7-29-17-12(5-13(15(23)16(17)24)10(2)27-28-14(30)8-34-4)6-22(18(29)11(3)35-9)19(31)25-21(33)26-20(22)32/h5,9,11,18H,6-8H2,1-4H3,(H,28,30)(H2,25,26,31,32,33)/t9-,11+,18-/m1/s1. The number of anilines is 1. The van der Waals surface area contributed by atoms with Crippen LogP contribution < -0.4 is 21.0 Å². The third-order valence-corrected chi connectivity index (χ3v) is 6.48. The molecule has 0 aliphatic carbocycles. The Morgan fingerprint density at radius 2 is 1.91 bits per heavy atom. The molecule has 2 fully saturated rings. The number of fused-ring (bicyclic) bond motifs is 4. The van der Waals surface area contributed by atoms with E-state index < -0.39 is 59.1 Å². The van der Waals surface area contributed by atoms with Crippen LogP contribution in [0.4, 0.5) is 19.3 Å². The number of hydrogen-bond acceptors (Lipinski definition) is 8. The normalized spacial score (nSPS) is 25.5. The molecule has 0 unspecified atom stereocenters. The Balaban J connectivity index is 1.87. The zero-order valence-electron chi connectivity index (χ0n) is 19.5. The summed E-state index contributed by atoms with van der Waals surface area (Å²) in [6, 6.07) is -0.655. The molecule has 3 N–H and O–H groups in total. The molecule has 3 atom stereocenters. The Morgan fingerprint density at radius 3 is 2.54 bits per heavy atom. The number of hydrogen-bond donors (Lipinski definition) is 3. The maximum absolute atomic E-state index is 15.6. The number of halogens is 2. The minimum Gasteiger partial charge on any atom is -0.375 e. The van der Waals surface area contributed by atoms with Crippen LogP contribution in [-0.4, -0.2) is 68.0 Å². The Kier molecular flexibility index (Phi) is 6.32. The van der Waals surface area contributed by atoms with E-state index in [1.807, 2.05) is 0 Å². The zero-order valence-corrected chi connectivity index (χ0v) is 19.5. The molecular weight excluding hydrogens is 468 g/mol. The minimum atomic E-state index is -1.83. The molecule has 188 valence electrons. The number of carbonyl (C=O) groups is 4. The summed E-state index contributed by atoms with van der Waals surface area (Å²) in [4.78, 5) is 51.2. The number of nitrogens with one attached hydrogen (secondary N) is 3. The lowest BCUT2D eigenvalue weighted by Crippen LogP contribution is -2.75. The predicted octanol–water partition coefficient (Wildman–Crippen LogP) is 0.342. The summed E-state index contributed by atoms with van der Waals surface area (Å²) in [7, 11) is 1.32.